The van der Waals surface area contributed by atoms with Crippen LogP contribution >= 0.6 is 0 Å². The van der Waals surface area contributed by atoms with Crippen molar-refractivity contribution in [3.8, 4) is 0 Å². The maximum Gasteiger partial charge on any atom is 0.326 e. The summed E-state index contributed by atoms with van der Waals surface area (Å²) in [6.07, 6.45) is 2.03. The molecule has 2 saturated heterocycles. The van der Waals surface area contributed by atoms with Gasteiger partial charge in [0.1, 0.15) is 5.54 Å². The Balaban J connectivity index is 1.99. The van der Waals surface area contributed by atoms with E-state index < -0.39 is 0 Å². The highest BCUT2D eigenvalue weighted by Gasteiger charge is 2.68. The van der Waals surface area contributed by atoms with Crippen molar-refractivity contribution >= 4 is 5.97 Å². The molecule has 3 atom stereocenters. The summed E-state index contributed by atoms with van der Waals surface area (Å²) in [5.74, 6) is 1.26. The van der Waals surface area contributed by atoms with Crippen LogP contribution in [0, 0.1) is 11.8 Å². The van der Waals surface area contributed by atoms with E-state index in [2.05, 4.69) is 11.5 Å². The number of ether oxygens (including phenoxy) is 1. The van der Waals surface area contributed by atoms with Gasteiger partial charge in [0.05, 0.1) is 7.11 Å². The normalized spacial score (nSPS) is 44.8. The Labute approximate surface area is 83.7 Å². The first kappa shape index (κ1) is 8.48. The van der Waals surface area contributed by atoms with E-state index in [-0.39, 0.29) is 11.5 Å². The predicted octanol–water partition coefficient (Wildman–Crippen LogP) is 0.810. The lowest BCUT2D eigenvalue weighted by Gasteiger charge is -2.31. The van der Waals surface area contributed by atoms with Crippen LogP contribution in [0.15, 0.2) is 12.2 Å². The summed E-state index contributed by atoms with van der Waals surface area (Å²) in [5, 5.41) is 0. The zero-order chi connectivity index (χ0) is 9.92. The topological polar surface area (TPSA) is 29.5 Å². The Bertz CT molecular complexity index is 325. The smallest absolute Gasteiger partial charge is 0.326 e. The van der Waals surface area contributed by atoms with Crippen LogP contribution in [0.3, 0.4) is 0 Å². The maximum atomic E-state index is 11.9. The molecule has 0 aromatic rings. The molecule has 3 heteroatoms. The number of carbonyl (C=O) groups excluding carboxylic acids is 1. The minimum atomic E-state index is -0.309. The van der Waals surface area contributed by atoms with E-state index in [0.717, 1.165) is 25.4 Å². The summed E-state index contributed by atoms with van der Waals surface area (Å²) in [6.45, 7) is 5.96. The average Bonchev–Trinajstić information content (AvgIpc) is 2.74. The Hall–Kier alpha value is -0.830. The molecule has 0 amide bonds. The van der Waals surface area contributed by atoms with Gasteiger partial charge in [-0.05, 0) is 24.7 Å². The quantitative estimate of drug-likeness (QED) is 0.456. The Kier molecular flexibility index (Phi) is 1.45. The minimum Gasteiger partial charge on any atom is -0.468 e. The number of fused-ring (bicyclic) bond motifs is 3. The van der Waals surface area contributed by atoms with Crippen LogP contribution in [-0.4, -0.2) is 36.6 Å². The Morgan fingerprint density at radius 3 is 3.21 bits per heavy atom. The van der Waals surface area contributed by atoms with Crippen molar-refractivity contribution in [3.63, 3.8) is 0 Å². The predicted molar refractivity (Wildman–Crippen MR) is 51.7 cm³/mol. The van der Waals surface area contributed by atoms with Crippen LogP contribution in [0.4, 0.5) is 0 Å². The number of hydrogen-bond acceptors (Lipinski definition) is 3. The van der Waals surface area contributed by atoms with E-state index in [1.165, 1.54) is 19.1 Å². The fraction of sp³-hybridized carbons (Fsp3) is 0.727. The minimum absolute atomic E-state index is 0.0406. The molecule has 0 N–H and O–H groups in total. The highest BCUT2D eigenvalue weighted by atomic mass is 16.5. The third-order valence-electron chi connectivity index (χ3n) is 4.03. The zero-order valence-corrected chi connectivity index (χ0v) is 8.45. The number of nitrogens with zero attached hydrogens (tertiary/aromatic N) is 1. The second kappa shape index (κ2) is 2.40. The highest BCUT2D eigenvalue weighted by Crippen LogP contribution is 2.60. The van der Waals surface area contributed by atoms with Gasteiger partial charge < -0.3 is 4.74 Å². The molecule has 3 rings (SSSR count). The molecule has 76 valence electrons. The van der Waals surface area contributed by atoms with Gasteiger partial charge in [-0.1, -0.05) is 12.2 Å². The molecule has 0 bridgehead atoms. The van der Waals surface area contributed by atoms with Crippen molar-refractivity contribution in [2.24, 2.45) is 11.8 Å². The summed E-state index contributed by atoms with van der Waals surface area (Å²) in [5.41, 5.74) is 0.872. The van der Waals surface area contributed by atoms with Crippen LogP contribution in [0.1, 0.15) is 12.8 Å². The molecule has 1 saturated carbocycles. The van der Waals surface area contributed by atoms with Crippen LogP contribution < -0.4 is 0 Å². The molecule has 14 heavy (non-hydrogen) atoms. The first-order valence-electron chi connectivity index (χ1n) is 5.18. The second-order valence-corrected chi connectivity index (χ2v) is 4.83. The number of methoxy groups -OCH3 is 1. The van der Waals surface area contributed by atoms with Gasteiger partial charge in [0.15, 0.2) is 0 Å². The fourth-order valence-corrected chi connectivity index (χ4v) is 3.40. The molecular weight excluding hydrogens is 178 g/mol. The first-order chi connectivity index (χ1) is 6.68. The summed E-state index contributed by atoms with van der Waals surface area (Å²) in [7, 11) is 1.49. The van der Waals surface area contributed by atoms with Gasteiger partial charge in [0, 0.05) is 13.1 Å². The summed E-state index contributed by atoms with van der Waals surface area (Å²) >= 11 is 0. The largest absolute Gasteiger partial charge is 0.468 e. The van der Waals surface area contributed by atoms with Gasteiger partial charge in [0.25, 0.3) is 0 Å². The number of hydrogen-bond donors (Lipinski definition) is 0. The first-order valence-corrected chi connectivity index (χ1v) is 5.18. The standard InChI is InChI=1S/C11H15NO2/c1-7-4-11(10(13)14-2)9-3-8(9)6-12(11)5-7/h8-9H,1,3-6H2,2H3/t8-,9-,11?/m0/s1. The van der Waals surface area contributed by atoms with Crippen LogP contribution in [0.25, 0.3) is 0 Å². The number of carbonyl (C=O) groups is 1. The van der Waals surface area contributed by atoms with Gasteiger partial charge in [0.2, 0.25) is 0 Å². The van der Waals surface area contributed by atoms with Gasteiger partial charge in [-0.3, -0.25) is 9.69 Å². The Morgan fingerprint density at radius 2 is 2.50 bits per heavy atom. The third-order valence-corrected chi connectivity index (χ3v) is 4.03. The third kappa shape index (κ3) is 0.793. The monoisotopic (exact) mass is 193 g/mol. The van der Waals surface area contributed by atoms with E-state index in [4.69, 9.17) is 4.74 Å². The summed E-state index contributed by atoms with van der Waals surface area (Å²) < 4.78 is 4.96. The van der Waals surface area contributed by atoms with Crippen molar-refractivity contribution in [2.75, 3.05) is 20.2 Å². The van der Waals surface area contributed by atoms with E-state index in [1.807, 2.05) is 0 Å². The van der Waals surface area contributed by atoms with Gasteiger partial charge in [-0.2, -0.15) is 0 Å². The molecule has 0 aromatic heterocycles. The van der Waals surface area contributed by atoms with E-state index in [9.17, 15) is 4.79 Å². The lowest BCUT2D eigenvalue weighted by Crippen LogP contribution is -2.49. The molecule has 3 nitrogen and oxygen atoms in total. The summed E-state index contributed by atoms with van der Waals surface area (Å²) in [4.78, 5) is 14.2. The lowest BCUT2D eigenvalue weighted by atomic mass is 9.90. The second-order valence-electron chi connectivity index (χ2n) is 4.83. The highest BCUT2D eigenvalue weighted by molar-refractivity contribution is 5.84. The van der Waals surface area contributed by atoms with Crippen molar-refractivity contribution in [1.82, 2.24) is 4.90 Å². The molecule has 1 aliphatic carbocycles. The number of piperidine rings is 1. The maximum absolute atomic E-state index is 11.9. The Morgan fingerprint density at radius 1 is 1.71 bits per heavy atom. The van der Waals surface area contributed by atoms with Gasteiger partial charge >= 0.3 is 5.97 Å². The van der Waals surface area contributed by atoms with E-state index >= 15 is 0 Å². The molecule has 2 heterocycles. The molecule has 0 radical (unpaired) electrons. The van der Waals surface area contributed by atoms with Crippen molar-refractivity contribution in [1.29, 1.82) is 0 Å². The molecule has 0 aromatic carbocycles. The van der Waals surface area contributed by atoms with Crippen molar-refractivity contribution in [3.05, 3.63) is 12.2 Å². The van der Waals surface area contributed by atoms with Gasteiger partial charge in [-0.25, -0.2) is 0 Å². The molecule has 3 aliphatic rings. The average molecular weight is 193 g/mol. The van der Waals surface area contributed by atoms with E-state index in [0.29, 0.717) is 5.92 Å². The molecule has 3 fully saturated rings. The molecular formula is C11H15NO2. The van der Waals surface area contributed by atoms with Crippen LogP contribution in [0.5, 0.6) is 0 Å². The van der Waals surface area contributed by atoms with Crippen LogP contribution in [0.2, 0.25) is 0 Å². The van der Waals surface area contributed by atoms with Gasteiger partial charge in [-0.15, -0.1) is 0 Å². The number of rotatable bonds is 1. The summed E-state index contributed by atoms with van der Waals surface area (Å²) in [6, 6.07) is 0. The fourth-order valence-electron chi connectivity index (χ4n) is 3.40. The molecule has 1 unspecified atom stereocenters. The lowest BCUT2D eigenvalue weighted by molar-refractivity contribution is -0.153. The molecule has 2 aliphatic heterocycles. The van der Waals surface area contributed by atoms with Crippen molar-refractivity contribution < 1.29 is 9.53 Å². The van der Waals surface area contributed by atoms with Crippen molar-refractivity contribution in [2.45, 2.75) is 18.4 Å². The number of esters is 1. The van der Waals surface area contributed by atoms with E-state index in [1.54, 1.807) is 0 Å². The SMILES string of the molecule is C=C1CN2C[C@@H]3C[C@@H]3C2(C(=O)OC)C1. The molecule has 0 spiro atoms. The van der Waals surface area contributed by atoms with Crippen LogP contribution in [-0.2, 0) is 9.53 Å². The zero-order valence-electron chi connectivity index (χ0n) is 8.45.